The topological polar surface area (TPSA) is 61.8 Å². The van der Waals surface area contributed by atoms with Gasteiger partial charge in [0.25, 0.3) is 0 Å². The van der Waals surface area contributed by atoms with E-state index in [1.807, 2.05) is 60.7 Å². The van der Waals surface area contributed by atoms with Gasteiger partial charge in [0.2, 0.25) is 0 Å². The van der Waals surface area contributed by atoms with Crippen LogP contribution >= 0.6 is 11.8 Å². The van der Waals surface area contributed by atoms with E-state index in [0.29, 0.717) is 30.6 Å². The lowest BCUT2D eigenvalue weighted by Gasteiger charge is -2.31. The van der Waals surface area contributed by atoms with E-state index in [2.05, 4.69) is 14.5 Å². The molecule has 0 spiro atoms. The molecule has 0 unspecified atom stereocenters. The monoisotopic (exact) mass is 616 g/mol. The van der Waals surface area contributed by atoms with Crippen molar-refractivity contribution in [2.75, 3.05) is 13.7 Å². The quantitative estimate of drug-likeness (QED) is 0.110. The van der Waals surface area contributed by atoms with Gasteiger partial charge >= 0.3 is 5.97 Å². The summed E-state index contributed by atoms with van der Waals surface area (Å²) in [6, 6.07) is 25.4. The van der Waals surface area contributed by atoms with Gasteiger partial charge in [-0.2, -0.15) is 0 Å². The minimum Gasteiger partial charge on any atom is -0.468 e. The lowest BCUT2D eigenvalue weighted by atomic mass is 10.0. The molecule has 228 valence electrons. The fourth-order valence-electron chi connectivity index (χ4n) is 4.53. The summed E-state index contributed by atoms with van der Waals surface area (Å²) in [6.45, 7) is 1.18. The van der Waals surface area contributed by atoms with Crippen LogP contribution < -0.4 is 4.84 Å². The molecule has 43 heavy (non-hydrogen) atoms. The van der Waals surface area contributed by atoms with Crippen LogP contribution in [-0.2, 0) is 35.5 Å². The second-order valence-corrected chi connectivity index (χ2v) is 10.1. The molecule has 0 radical (unpaired) electrons. The van der Waals surface area contributed by atoms with Gasteiger partial charge in [-0.25, -0.2) is 22.4 Å². The number of carbonyl (C=O) groups excluding carboxylic acids is 1. The number of rotatable bonds is 12. The largest absolute Gasteiger partial charge is 0.468 e. The number of nitrogens with zero attached hydrogens (tertiary/aromatic N) is 1. The van der Waals surface area contributed by atoms with Gasteiger partial charge in [0, 0.05) is 31.3 Å². The maximum atomic E-state index is 13.6. The number of hydrogen-bond donors (Lipinski definition) is 2. The van der Waals surface area contributed by atoms with E-state index < -0.39 is 35.3 Å². The van der Waals surface area contributed by atoms with Crippen molar-refractivity contribution in [3.63, 3.8) is 0 Å². The van der Waals surface area contributed by atoms with E-state index >= 15 is 0 Å². The van der Waals surface area contributed by atoms with Gasteiger partial charge in [-0.15, -0.1) is 0 Å². The van der Waals surface area contributed by atoms with Crippen molar-refractivity contribution < 1.29 is 32.2 Å². The zero-order valence-corrected chi connectivity index (χ0v) is 24.3. The molecule has 0 aromatic heterocycles. The maximum Gasteiger partial charge on any atom is 0.324 e. The lowest BCUT2D eigenvalue weighted by molar-refractivity contribution is -0.142. The Bertz CT molecular complexity index is 1350. The van der Waals surface area contributed by atoms with Crippen molar-refractivity contribution in [3.05, 3.63) is 143 Å². The molecule has 0 saturated heterocycles. The molecule has 5 nitrogen and oxygen atoms in total. The Labute approximate surface area is 253 Å². The number of hydrogen-bond acceptors (Lipinski definition) is 5. The molecule has 0 aliphatic carbocycles. The molecule has 0 aliphatic heterocycles. The molecular weight excluding hydrogens is 584 g/mol. The molecular formula is C33H33ClF4N2O3. The summed E-state index contributed by atoms with van der Waals surface area (Å²) in [5.74, 6) is -3.19. The summed E-state index contributed by atoms with van der Waals surface area (Å²) in [4.78, 5) is 15.5. The molecule has 0 aliphatic rings. The Morgan fingerprint density at radius 3 is 1.53 bits per heavy atom. The molecule has 2 atom stereocenters. The number of esters is 1. The zero-order chi connectivity index (χ0) is 31.2. The first kappa shape index (κ1) is 33.7. The van der Waals surface area contributed by atoms with Crippen LogP contribution in [0.1, 0.15) is 22.3 Å². The van der Waals surface area contributed by atoms with Gasteiger partial charge in [-0.3, -0.25) is 9.69 Å². The highest BCUT2D eigenvalue weighted by molar-refractivity contribution is 6.14. The number of nitrogens with one attached hydrogen (secondary N) is 1. The highest BCUT2D eigenvalue weighted by Crippen LogP contribution is 2.18. The highest BCUT2D eigenvalue weighted by atomic mass is 35.5. The van der Waals surface area contributed by atoms with Crippen LogP contribution in [0.15, 0.2) is 97.1 Å². The molecule has 2 N–H and O–H groups in total. The summed E-state index contributed by atoms with van der Waals surface area (Å²) in [6.07, 6.45) is 0.412. The van der Waals surface area contributed by atoms with Crippen LogP contribution in [0.25, 0.3) is 0 Å². The molecule has 0 bridgehead atoms. The molecule has 0 saturated carbocycles. The number of aliphatic hydroxyl groups excluding tert-OH is 1. The van der Waals surface area contributed by atoms with Crippen molar-refractivity contribution >= 4 is 17.7 Å². The van der Waals surface area contributed by atoms with Crippen LogP contribution in [0.2, 0.25) is 0 Å². The molecule has 4 aromatic rings. The van der Waals surface area contributed by atoms with Crippen molar-refractivity contribution in [2.45, 2.75) is 38.0 Å². The van der Waals surface area contributed by atoms with E-state index in [1.54, 1.807) is 0 Å². The van der Waals surface area contributed by atoms with Gasteiger partial charge in [-0.1, -0.05) is 60.7 Å². The first-order chi connectivity index (χ1) is 20.7. The summed E-state index contributed by atoms with van der Waals surface area (Å²) in [5, 5.41) is 10.0. The fourth-order valence-corrected chi connectivity index (χ4v) is 4.70. The smallest absolute Gasteiger partial charge is 0.324 e. The molecule has 4 aromatic carbocycles. The van der Waals surface area contributed by atoms with Crippen LogP contribution in [0.5, 0.6) is 0 Å². The molecule has 0 amide bonds. The number of benzene rings is 4. The first-order valence-corrected chi connectivity index (χ1v) is 13.8. The summed E-state index contributed by atoms with van der Waals surface area (Å²) in [7, 11) is 1.20. The molecule has 0 fully saturated rings. The zero-order valence-electron chi connectivity index (χ0n) is 23.5. The van der Waals surface area contributed by atoms with Crippen molar-refractivity contribution in [1.82, 2.24) is 9.74 Å². The Balaban J connectivity index is 0.000000271. The Hall–Kier alpha value is -3.76. The van der Waals surface area contributed by atoms with E-state index in [9.17, 15) is 27.5 Å². The van der Waals surface area contributed by atoms with Crippen LogP contribution in [0.3, 0.4) is 0 Å². The Morgan fingerprint density at radius 2 is 1.16 bits per heavy atom. The standard InChI is InChI=1S/C23H23F2NO.C10H10ClF2NO2/c24-21-11-20(12-22(25)14-21)13-23(17-27)26(15-18-7-3-1-4-8-18)16-19-9-5-2-6-10-19;1-16-10(15)9(14-11)4-6-2-7(12)5-8(13)3-6/h1-12,14,23,27H,13,15-17H2;2-3,5,9,14H,4H2,1H3/t23-;9-/m00/s1. The van der Waals surface area contributed by atoms with E-state index in [4.69, 9.17) is 11.8 Å². The average molecular weight is 617 g/mol. The Morgan fingerprint density at radius 1 is 0.744 bits per heavy atom. The summed E-state index contributed by atoms with van der Waals surface area (Å²) >= 11 is 5.33. The third kappa shape index (κ3) is 11.4. The van der Waals surface area contributed by atoms with Crippen LogP contribution in [-0.4, -0.2) is 41.8 Å². The second kappa shape index (κ2) is 17.4. The second-order valence-electron chi connectivity index (χ2n) is 9.86. The Kier molecular flexibility index (Phi) is 13.6. The number of ether oxygens (including phenoxy) is 1. The average Bonchev–Trinajstić information content (AvgIpc) is 2.98. The van der Waals surface area contributed by atoms with E-state index in [1.165, 1.54) is 19.2 Å². The van der Waals surface area contributed by atoms with Crippen molar-refractivity contribution in [2.24, 2.45) is 0 Å². The lowest BCUT2D eigenvalue weighted by Crippen LogP contribution is -2.38. The maximum absolute atomic E-state index is 13.6. The number of aliphatic hydroxyl groups is 1. The third-order valence-corrected chi connectivity index (χ3v) is 6.82. The number of halogens is 5. The molecule has 0 heterocycles. The van der Waals surface area contributed by atoms with Crippen molar-refractivity contribution in [3.8, 4) is 0 Å². The van der Waals surface area contributed by atoms with Crippen LogP contribution in [0, 0.1) is 23.3 Å². The van der Waals surface area contributed by atoms with E-state index in [0.717, 1.165) is 35.4 Å². The minimum atomic E-state index is -0.840. The third-order valence-electron chi connectivity index (χ3n) is 6.56. The van der Waals surface area contributed by atoms with Crippen molar-refractivity contribution in [1.29, 1.82) is 0 Å². The van der Waals surface area contributed by atoms with Crippen LogP contribution in [0.4, 0.5) is 17.6 Å². The van der Waals surface area contributed by atoms with E-state index in [-0.39, 0.29) is 19.1 Å². The van der Waals surface area contributed by atoms with Gasteiger partial charge in [-0.05, 0) is 71.1 Å². The predicted octanol–water partition coefficient (Wildman–Crippen LogP) is 6.36. The summed E-state index contributed by atoms with van der Waals surface area (Å²) < 4.78 is 57.3. The van der Waals surface area contributed by atoms with Gasteiger partial charge < -0.3 is 9.84 Å². The molecule has 4 rings (SSSR count). The molecule has 10 heteroatoms. The van der Waals surface area contributed by atoms with Gasteiger partial charge in [0.15, 0.2) is 0 Å². The summed E-state index contributed by atoms with van der Waals surface area (Å²) in [5.41, 5.74) is 3.10. The predicted molar refractivity (Wildman–Crippen MR) is 158 cm³/mol. The highest BCUT2D eigenvalue weighted by Gasteiger charge is 2.21. The van der Waals surface area contributed by atoms with Gasteiger partial charge in [0.1, 0.15) is 29.3 Å². The normalized spacial score (nSPS) is 12.3. The fraction of sp³-hybridized carbons (Fsp3) is 0.242. The van der Waals surface area contributed by atoms with Gasteiger partial charge in [0.05, 0.1) is 13.7 Å². The minimum absolute atomic E-state index is 0.0465. The number of carbonyl (C=O) groups is 1. The first-order valence-electron chi connectivity index (χ1n) is 13.5. The SMILES string of the molecule is COC(=O)[C@H](Cc1cc(F)cc(F)c1)NCl.OC[C@H](Cc1cc(F)cc(F)c1)N(Cc1ccccc1)Cc1ccccc1. The number of methoxy groups -OCH3 is 1.